The summed E-state index contributed by atoms with van der Waals surface area (Å²) in [6.45, 7) is -0.674. The molecule has 0 saturated heterocycles. The molecular formula is C10H11F3O2. The van der Waals surface area contributed by atoms with E-state index in [1.54, 1.807) is 0 Å². The van der Waals surface area contributed by atoms with Gasteiger partial charge in [-0.25, -0.2) is 13.2 Å². The van der Waals surface area contributed by atoms with Gasteiger partial charge in [-0.05, 0) is 12.1 Å². The molecule has 0 heterocycles. The van der Waals surface area contributed by atoms with Crippen LogP contribution in [0.3, 0.4) is 0 Å². The van der Waals surface area contributed by atoms with Crippen LogP contribution < -0.4 is 4.74 Å². The molecule has 84 valence electrons. The fourth-order valence-corrected chi connectivity index (χ4v) is 1.28. The van der Waals surface area contributed by atoms with Gasteiger partial charge in [0.05, 0.1) is 12.7 Å². The van der Waals surface area contributed by atoms with Crippen LogP contribution in [0.1, 0.15) is 12.0 Å². The number of ether oxygens (including phenoxy) is 1. The van der Waals surface area contributed by atoms with Crippen molar-refractivity contribution in [2.75, 3.05) is 13.7 Å². The number of aliphatic hydroxyl groups excluding tert-OH is 1. The second-order valence-electron chi connectivity index (χ2n) is 3.00. The van der Waals surface area contributed by atoms with Gasteiger partial charge in [-0.1, -0.05) is 6.07 Å². The van der Waals surface area contributed by atoms with Crippen molar-refractivity contribution in [3.63, 3.8) is 0 Å². The van der Waals surface area contributed by atoms with E-state index >= 15 is 0 Å². The quantitative estimate of drug-likeness (QED) is 0.843. The van der Waals surface area contributed by atoms with E-state index in [9.17, 15) is 13.2 Å². The average Bonchev–Trinajstić information content (AvgIpc) is 2.17. The second-order valence-corrected chi connectivity index (χ2v) is 3.00. The molecule has 0 aromatic heterocycles. The molecular weight excluding hydrogens is 209 g/mol. The lowest BCUT2D eigenvalue weighted by atomic mass is 10.0. The van der Waals surface area contributed by atoms with E-state index in [-0.39, 0.29) is 0 Å². The monoisotopic (exact) mass is 220 g/mol. The largest absolute Gasteiger partial charge is 0.493 e. The minimum atomic E-state index is -3.29. The Bertz CT molecular complexity index is 339. The molecule has 0 aliphatic heterocycles. The van der Waals surface area contributed by atoms with E-state index < -0.39 is 36.1 Å². The van der Waals surface area contributed by atoms with Gasteiger partial charge in [0.1, 0.15) is 0 Å². The third kappa shape index (κ3) is 2.41. The summed E-state index contributed by atoms with van der Waals surface area (Å²) in [6, 6.07) is 3.30. The van der Waals surface area contributed by atoms with Crippen LogP contribution in [-0.2, 0) is 5.92 Å². The molecule has 0 aliphatic rings. The van der Waals surface area contributed by atoms with Crippen LogP contribution in [-0.4, -0.2) is 18.8 Å². The van der Waals surface area contributed by atoms with Crippen LogP contribution in [0.2, 0.25) is 0 Å². The molecule has 0 fully saturated rings. The first-order valence-corrected chi connectivity index (χ1v) is 4.34. The highest BCUT2D eigenvalue weighted by atomic mass is 19.3. The van der Waals surface area contributed by atoms with Crippen LogP contribution in [0.5, 0.6) is 5.75 Å². The summed E-state index contributed by atoms with van der Waals surface area (Å²) in [5, 5.41) is 8.48. The zero-order chi connectivity index (χ0) is 11.5. The molecule has 0 radical (unpaired) electrons. The Hall–Kier alpha value is -1.23. The fraction of sp³-hybridized carbons (Fsp3) is 0.400. The number of halogens is 3. The third-order valence-corrected chi connectivity index (χ3v) is 1.99. The maximum atomic E-state index is 13.4. The highest BCUT2D eigenvalue weighted by molar-refractivity contribution is 5.38. The Labute approximate surface area is 85.3 Å². The third-order valence-electron chi connectivity index (χ3n) is 1.99. The number of alkyl halides is 2. The van der Waals surface area contributed by atoms with Gasteiger partial charge in [0.15, 0.2) is 11.6 Å². The Morgan fingerprint density at radius 2 is 2.07 bits per heavy atom. The Kier molecular flexibility index (Phi) is 3.57. The number of benzene rings is 1. The molecule has 5 heteroatoms. The summed E-state index contributed by atoms with van der Waals surface area (Å²) in [7, 11) is 1.12. The predicted octanol–water partition coefficient (Wildman–Crippen LogP) is 2.31. The maximum Gasteiger partial charge on any atom is 0.279 e. The summed E-state index contributed by atoms with van der Waals surface area (Å²) in [6.07, 6.45) is -0.757. The van der Waals surface area contributed by atoms with Gasteiger partial charge in [0.2, 0.25) is 0 Å². The number of methoxy groups -OCH3 is 1. The van der Waals surface area contributed by atoms with Gasteiger partial charge < -0.3 is 9.84 Å². The van der Waals surface area contributed by atoms with Crippen molar-refractivity contribution in [2.45, 2.75) is 12.3 Å². The SMILES string of the molecule is COc1c(F)cccc1C(F)(F)CCO. The number of hydrogen-bond acceptors (Lipinski definition) is 2. The van der Waals surface area contributed by atoms with Gasteiger partial charge in [-0.15, -0.1) is 0 Å². The van der Waals surface area contributed by atoms with Crippen LogP contribution >= 0.6 is 0 Å². The van der Waals surface area contributed by atoms with Gasteiger partial charge in [-0.3, -0.25) is 0 Å². The number of rotatable bonds is 4. The van der Waals surface area contributed by atoms with E-state index in [4.69, 9.17) is 5.11 Å². The molecule has 1 N–H and O–H groups in total. The summed E-state index contributed by atoms with van der Waals surface area (Å²) in [4.78, 5) is 0. The first-order valence-electron chi connectivity index (χ1n) is 4.34. The first-order chi connectivity index (χ1) is 7.03. The molecule has 1 aromatic carbocycles. The highest BCUT2D eigenvalue weighted by Gasteiger charge is 2.35. The molecule has 2 nitrogen and oxygen atoms in total. The van der Waals surface area contributed by atoms with Crippen molar-refractivity contribution in [1.82, 2.24) is 0 Å². The number of aliphatic hydroxyl groups is 1. The van der Waals surface area contributed by atoms with Crippen molar-refractivity contribution >= 4 is 0 Å². The van der Waals surface area contributed by atoms with E-state index in [2.05, 4.69) is 4.74 Å². The average molecular weight is 220 g/mol. The topological polar surface area (TPSA) is 29.5 Å². The molecule has 0 unspecified atom stereocenters. The van der Waals surface area contributed by atoms with E-state index in [1.807, 2.05) is 0 Å². The van der Waals surface area contributed by atoms with Crippen molar-refractivity contribution in [2.24, 2.45) is 0 Å². The lowest BCUT2D eigenvalue weighted by Gasteiger charge is -2.18. The van der Waals surface area contributed by atoms with Gasteiger partial charge >= 0.3 is 0 Å². The molecule has 0 saturated carbocycles. The van der Waals surface area contributed by atoms with Gasteiger partial charge in [-0.2, -0.15) is 0 Å². The first kappa shape index (κ1) is 11.8. The molecule has 1 aromatic rings. The lowest BCUT2D eigenvalue weighted by Crippen LogP contribution is -2.17. The van der Waals surface area contributed by atoms with Crippen LogP contribution in [0, 0.1) is 5.82 Å². The summed E-state index contributed by atoms with van der Waals surface area (Å²) in [5.41, 5.74) is -0.543. The standard InChI is InChI=1S/C10H11F3O2/c1-15-9-7(3-2-4-8(9)11)10(12,13)5-6-14/h2-4,14H,5-6H2,1H3. The number of para-hydroxylation sites is 1. The molecule has 0 amide bonds. The molecule has 1 rings (SSSR count). The summed E-state index contributed by atoms with van der Waals surface area (Å²) in [5.74, 6) is -4.61. The lowest BCUT2D eigenvalue weighted by molar-refractivity contribution is -0.0291. The summed E-state index contributed by atoms with van der Waals surface area (Å²) >= 11 is 0. The van der Waals surface area contributed by atoms with E-state index in [0.29, 0.717) is 0 Å². The van der Waals surface area contributed by atoms with E-state index in [0.717, 1.165) is 19.2 Å². The zero-order valence-corrected chi connectivity index (χ0v) is 8.14. The minimum Gasteiger partial charge on any atom is -0.493 e. The maximum absolute atomic E-state index is 13.4. The predicted molar refractivity (Wildman–Crippen MR) is 48.5 cm³/mol. The summed E-state index contributed by atoms with van der Waals surface area (Å²) < 4.78 is 44.4. The minimum absolute atomic E-state index is 0.476. The van der Waals surface area contributed by atoms with Crippen molar-refractivity contribution in [1.29, 1.82) is 0 Å². The molecule has 0 atom stereocenters. The number of hydrogen-bond donors (Lipinski definition) is 1. The van der Waals surface area contributed by atoms with Gasteiger partial charge in [0.25, 0.3) is 5.92 Å². The smallest absolute Gasteiger partial charge is 0.279 e. The highest BCUT2D eigenvalue weighted by Crippen LogP contribution is 2.38. The molecule has 0 bridgehead atoms. The van der Waals surface area contributed by atoms with Crippen LogP contribution in [0.4, 0.5) is 13.2 Å². The normalized spacial score (nSPS) is 11.5. The van der Waals surface area contributed by atoms with Crippen molar-refractivity contribution in [3.8, 4) is 5.75 Å². The van der Waals surface area contributed by atoms with Crippen LogP contribution in [0.25, 0.3) is 0 Å². The van der Waals surface area contributed by atoms with E-state index in [1.165, 1.54) is 6.07 Å². The van der Waals surface area contributed by atoms with Crippen molar-refractivity contribution < 1.29 is 23.0 Å². The fourth-order valence-electron chi connectivity index (χ4n) is 1.28. The Morgan fingerprint density at radius 3 is 2.60 bits per heavy atom. The molecule has 15 heavy (non-hydrogen) atoms. The Morgan fingerprint density at radius 1 is 1.40 bits per heavy atom. The molecule has 0 aliphatic carbocycles. The van der Waals surface area contributed by atoms with Crippen molar-refractivity contribution in [3.05, 3.63) is 29.6 Å². The Balaban J connectivity index is 3.18. The molecule has 0 spiro atoms. The van der Waals surface area contributed by atoms with Gasteiger partial charge in [0, 0.05) is 13.0 Å². The zero-order valence-electron chi connectivity index (χ0n) is 8.14. The second kappa shape index (κ2) is 4.53. The van der Waals surface area contributed by atoms with Crippen LogP contribution in [0.15, 0.2) is 18.2 Å².